The van der Waals surface area contributed by atoms with Crippen LogP contribution in [-0.2, 0) is 23.9 Å². The van der Waals surface area contributed by atoms with Gasteiger partial charge in [-0.1, -0.05) is 48.5 Å². The highest BCUT2D eigenvalue weighted by atomic mass is 16.5. The third-order valence-corrected chi connectivity index (χ3v) is 6.05. The number of fused-ring (bicyclic) bond motifs is 7. The Bertz CT molecular complexity index is 923. The topological polar surface area (TPSA) is 72.9 Å². The number of Topliss-reactive ketones (excluding diaryl/α,β-unsaturated/α-hetero) is 1. The maximum Gasteiger partial charge on any atom is 0.318 e. The Morgan fingerprint density at radius 3 is 1.60 bits per heavy atom. The molecule has 2 aromatic carbocycles. The molecule has 0 aromatic heterocycles. The third kappa shape index (κ3) is 3.03. The molecule has 4 rings (SSSR count). The number of hydrogen-bond donors (Lipinski definition) is 0. The van der Waals surface area contributed by atoms with Crippen LogP contribution in [0.5, 0.6) is 0 Å². The molecule has 1 saturated heterocycles. The van der Waals surface area contributed by atoms with Crippen LogP contribution in [0.1, 0.15) is 37.1 Å². The number of piperidine rings is 1. The average molecular weight is 407 g/mol. The molecule has 2 heterocycles. The monoisotopic (exact) mass is 407 g/mol. The predicted molar refractivity (Wildman–Crippen MR) is 110 cm³/mol. The number of ketones is 1. The molecule has 0 saturated carbocycles. The summed E-state index contributed by atoms with van der Waals surface area (Å²) >= 11 is 0. The Labute approximate surface area is 175 Å². The van der Waals surface area contributed by atoms with Crippen LogP contribution in [0.25, 0.3) is 11.1 Å². The van der Waals surface area contributed by atoms with Gasteiger partial charge < -0.3 is 9.47 Å². The second-order valence-electron chi connectivity index (χ2n) is 7.59. The number of carbonyl (C=O) groups excluding carboxylic acids is 3. The Morgan fingerprint density at radius 1 is 0.800 bits per heavy atom. The van der Waals surface area contributed by atoms with Gasteiger partial charge in [-0.2, -0.15) is 0 Å². The number of hydrogen-bond acceptors (Lipinski definition) is 6. The summed E-state index contributed by atoms with van der Waals surface area (Å²) in [5.41, 5.74) is 3.67. The lowest BCUT2D eigenvalue weighted by Crippen LogP contribution is -2.54. The molecule has 6 heteroatoms. The van der Waals surface area contributed by atoms with E-state index in [2.05, 4.69) is 0 Å². The van der Waals surface area contributed by atoms with Crippen molar-refractivity contribution in [2.75, 3.05) is 20.3 Å². The molecule has 30 heavy (non-hydrogen) atoms. The first-order chi connectivity index (χ1) is 14.5. The molecule has 0 aliphatic carbocycles. The van der Waals surface area contributed by atoms with Crippen molar-refractivity contribution in [1.29, 1.82) is 0 Å². The van der Waals surface area contributed by atoms with E-state index >= 15 is 0 Å². The Kier molecular flexibility index (Phi) is 5.43. The lowest BCUT2D eigenvalue weighted by molar-refractivity contribution is -0.168. The van der Waals surface area contributed by atoms with Crippen LogP contribution in [0.15, 0.2) is 48.5 Å². The van der Waals surface area contributed by atoms with Crippen LogP contribution in [0.3, 0.4) is 0 Å². The van der Waals surface area contributed by atoms with Gasteiger partial charge in [-0.3, -0.25) is 19.3 Å². The standard InChI is InChI=1S/C24H25NO5/c1-4-29-23(27)18-20-16-12-8-6-10-14(16)15-11-7-9-13-17(15)21(25(20)3)19(22(18)26)24(28)30-5-2/h6-13,18-21H,4-5H2,1-3H3/t18-,19-,20+,21+/m0/s1. The van der Waals surface area contributed by atoms with Crippen molar-refractivity contribution in [1.82, 2.24) is 4.90 Å². The van der Waals surface area contributed by atoms with Crippen molar-refractivity contribution in [3.8, 4) is 11.1 Å². The van der Waals surface area contributed by atoms with Gasteiger partial charge in [-0.05, 0) is 43.1 Å². The molecule has 2 bridgehead atoms. The van der Waals surface area contributed by atoms with Crippen LogP contribution >= 0.6 is 0 Å². The molecule has 2 aliphatic rings. The SMILES string of the molecule is CCOC(=O)[C@@H]1C(=O)[C@@H](C(=O)OCC)[C@H]2c3ccccc3-c3ccccc3[C@H]1N2C. The number of nitrogens with zero attached hydrogens (tertiary/aromatic N) is 1. The zero-order valence-corrected chi connectivity index (χ0v) is 17.3. The van der Waals surface area contributed by atoms with Crippen LogP contribution < -0.4 is 0 Å². The molecule has 2 aromatic rings. The highest BCUT2D eigenvalue weighted by Gasteiger charge is 2.56. The normalized spacial score (nSPS) is 25.0. The largest absolute Gasteiger partial charge is 0.465 e. The first kappa shape index (κ1) is 20.3. The Hall–Kier alpha value is -2.99. The minimum atomic E-state index is -1.10. The van der Waals surface area contributed by atoms with Gasteiger partial charge in [0, 0.05) is 0 Å². The zero-order chi connectivity index (χ0) is 21.4. The number of ether oxygens (including phenoxy) is 2. The molecule has 0 spiro atoms. The van der Waals surface area contributed by atoms with Gasteiger partial charge in [0.15, 0.2) is 5.78 Å². The van der Waals surface area contributed by atoms with Crippen molar-refractivity contribution in [2.45, 2.75) is 25.9 Å². The van der Waals surface area contributed by atoms with Gasteiger partial charge in [-0.25, -0.2) is 0 Å². The van der Waals surface area contributed by atoms with E-state index in [1.54, 1.807) is 13.8 Å². The van der Waals surface area contributed by atoms with E-state index in [4.69, 9.17) is 9.47 Å². The fourth-order valence-electron chi connectivity index (χ4n) is 4.90. The summed E-state index contributed by atoms with van der Waals surface area (Å²) in [6, 6.07) is 14.5. The molecule has 0 amide bonds. The van der Waals surface area contributed by atoms with Crippen molar-refractivity contribution in [3.63, 3.8) is 0 Å². The molecule has 156 valence electrons. The summed E-state index contributed by atoms with van der Waals surface area (Å²) in [6.45, 7) is 3.73. The molecule has 6 nitrogen and oxygen atoms in total. The highest BCUT2D eigenvalue weighted by Crippen LogP contribution is 2.52. The van der Waals surface area contributed by atoms with Crippen molar-refractivity contribution in [2.24, 2.45) is 11.8 Å². The minimum absolute atomic E-state index is 0.161. The van der Waals surface area contributed by atoms with E-state index in [-0.39, 0.29) is 13.2 Å². The van der Waals surface area contributed by atoms with Crippen LogP contribution in [0.2, 0.25) is 0 Å². The van der Waals surface area contributed by atoms with Gasteiger partial charge in [0.25, 0.3) is 0 Å². The average Bonchev–Trinajstić information content (AvgIpc) is 2.81. The predicted octanol–water partition coefficient (Wildman–Crippen LogP) is 3.32. The van der Waals surface area contributed by atoms with Crippen LogP contribution in [0, 0.1) is 11.8 Å². The fourth-order valence-corrected chi connectivity index (χ4v) is 4.90. The number of carbonyl (C=O) groups is 3. The number of esters is 2. The highest BCUT2D eigenvalue weighted by molar-refractivity contribution is 6.10. The number of rotatable bonds is 4. The van der Waals surface area contributed by atoms with Gasteiger partial charge in [0.1, 0.15) is 11.8 Å². The lowest BCUT2D eigenvalue weighted by Gasteiger charge is -2.45. The maximum absolute atomic E-state index is 13.7. The Balaban J connectivity index is 1.99. The van der Waals surface area contributed by atoms with E-state index in [9.17, 15) is 14.4 Å². The minimum Gasteiger partial charge on any atom is -0.465 e. The van der Waals surface area contributed by atoms with Gasteiger partial charge in [0.2, 0.25) is 0 Å². The summed E-state index contributed by atoms with van der Waals surface area (Å²) in [5, 5.41) is 0. The summed E-state index contributed by atoms with van der Waals surface area (Å²) < 4.78 is 10.5. The summed E-state index contributed by atoms with van der Waals surface area (Å²) in [5.74, 6) is -3.85. The molecule has 2 aliphatic heterocycles. The summed E-state index contributed by atoms with van der Waals surface area (Å²) in [4.78, 5) is 41.5. The summed E-state index contributed by atoms with van der Waals surface area (Å²) in [7, 11) is 1.86. The molecule has 1 fully saturated rings. The Morgan fingerprint density at radius 2 is 1.20 bits per heavy atom. The lowest BCUT2D eigenvalue weighted by atomic mass is 9.74. The maximum atomic E-state index is 13.7. The van der Waals surface area contributed by atoms with E-state index in [0.717, 1.165) is 22.3 Å². The third-order valence-electron chi connectivity index (χ3n) is 6.05. The summed E-state index contributed by atoms with van der Waals surface area (Å²) in [6.07, 6.45) is 0. The first-order valence-corrected chi connectivity index (χ1v) is 10.3. The van der Waals surface area contributed by atoms with E-state index in [1.807, 2.05) is 60.5 Å². The molecule has 4 atom stereocenters. The van der Waals surface area contributed by atoms with E-state index in [0.29, 0.717) is 0 Å². The fraction of sp³-hybridized carbons (Fsp3) is 0.375. The molecule has 0 unspecified atom stereocenters. The van der Waals surface area contributed by atoms with Crippen LogP contribution in [0.4, 0.5) is 0 Å². The second kappa shape index (κ2) is 8.03. The molecular weight excluding hydrogens is 382 g/mol. The van der Waals surface area contributed by atoms with Gasteiger partial charge in [-0.15, -0.1) is 0 Å². The quantitative estimate of drug-likeness (QED) is 0.572. The zero-order valence-electron chi connectivity index (χ0n) is 17.3. The van der Waals surface area contributed by atoms with Crippen molar-refractivity contribution >= 4 is 17.7 Å². The van der Waals surface area contributed by atoms with E-state index in [1.165, 1.54) is 0 Å². The van der Waals surface area contributed by atoms with Crippen molar-refractivity contribution < 1.29 is 23.9 Å². The van der Waals surface area contributed by atoms with Crippen LogP contribution in [-0.4, -0.2) is 42.9 Å². The second-order valence-corrected chi connectivity index (χ2v) is 7.59. The first-order valence-electron chi connectivity index (χ1n) is 10.3. The molecular formula is C24H25NO5. The van der Waals surface area contributed by atoms with E-state index < -0.39 is 41.6 Å². The van der Waals surface area contributed by atoms with Crippen molar-refractivity contribution in [3.05, 3.63) is 59.7 Å². The smallest absolute Gasteiger partial charge is 0.318 e. The van der Waals surface area contributed by atoms with Gasteiger partial charge >= 0.3 is 11.9 Å². The van der Waals surface area contributed by atoms with Gasteiger partial charge in [0.05, 0.1) is 25.3 Å². The number of benzene rings is 2. The molecule has 0 N–H and O–H groups in total. The molecule has 0 radical (unpaired) electrons.